The van der Waals surface area contributed by atoms with E-state index < -0.39 is 153 Å². The fourth-order valence-electron chi connectivity index (χ4n) is 14.2. The quantitative estimate of drug-likeness (QED) is 0.0217. The highest BCUT2D eigenvalue weighted by molar-refractivity contribution is 5.78. The van der Waals surface area contributed by atoms with Crippen molar-refractivity contribution in [3.63, 3.8) is 0 Å². The van der Waals surface area contributed by atoms with Gasteiger partial charge in [0.1, 0.15) is 91.4 Å². The SMILES string of the molecule is CC(=O)NC1C(OCCOCCOCCNC(=O)CCOCC(COCCC(=O)NCCOCCOCCOC2OC(CO)C(O)C(O)C2NC(C)=O)(COCCC(O)NCCOCCOCCOC2OC(CO)C(O)C(O)C2NC(C)=O)NC(=O)CCCCCCCCCCC(=O)NCCOC2(OCCNC(=O)OCc3ccccc3)CCCCC2)OC(CO)C(O)C1O. The van der Waals surface area contributed by atoms with Crippen LogP contribution in [0.1, 0.15) is 142 Å². The van der Waals surface area contributed by atoms with Crippen LogP contribution in [0, 0.1) is 0 Å². The topological polar surface area (TPSA) is 613 Å². The number of aliphatic hydroxyl groups excluding tert-OH is 10. The Kier molecular flexibility index (Phi) is 60.3. The highest BCUT2D eigenvalue weighted by Gasteiger charge is 2.48. The number of benzene rings is 1. The van der Waals surface area contributed by atoms with Crippen LogP contribution in [0.2, 0.25) is 0 Å². The fraction of sp³-hybridized carbons (Fsp3) is 0.835. The summed E-state index contributed by atoms with van der Waals surface area (Å²) >= 11 is 0. The molecule has 19 N–H and O–H groups in total. The largest absolute Gasteiger partial charge is 0.445 e. The fourth-order valence-corrected chi connectivity index (χ4v) is 14.2. The Morgan fingerprint density at radius 3 is 1.16 bits per heavy atom. The molecule has 4 aliphatic rings. The Morgan fingerprint density at radius 2 is 0.754 bits per heavy atom. The van der Waals surface area contributed by atoms with Crippen molar-refractivity contribution in [1.82, 2.24) is 47.9 Å². The van der Waals surface area contributed by atoms with Crippen LogP contribution in [0.5, 0.6) is 0 Å². The van der Waals surface area contributed by atoms with E-state index in [2.05, 4.69) is 47.9 Å². The molecule has 3 heterocycles. The van der Waals surface area contributed by atoms with Gasteiger partial charge in [0, 0.05) is 98.4 Å². The van der Waals surface area contributed by atoms with Gasteiger partial charge in [0.25, 0.3) is 0 Å². The van der Waals surface area contributed by atoms with Crippen LogP contribution in [-0.2, 0) is 125 Å². The van der Waals surface area contributed by atoms with Crippen molar-refractivity contribution in [2.75, 3.05) is 205 Å². The lowest BCUT2D eigenvalue weighted by molar-refractivity contribution is -0.272. The van der Waals surface area contributed by atoms with Gasteiger partial charge in [0.15, 0.2) is 24.7 Å². The average Bonchev–Trinajstić information content (AvgIpc) is 0.820. The second kappa shape index (κ2) is 68.6. The van der Waals surface area contributed by atoms with Crippen molar-refractivity contribution in [3.05, 3.63) is 35.9 Å². The van der Waals surface area contributed by atoms with Gasteiger partial charge in [-0.25, -0.2) is 4.79 Å². The number of nitrogens with one attached hydrogen (secondary N) is 9. The first kappa shape index (κ1) is 114. The maximum Gasteiger partial charge on any atom is 0.407 e. The first-order valence-electron chi connectivity index (χ1n) is 45.3. The zero-order chi connectivity index (χ0) is 94.4. The lowest BCUT2D eigenvalue weighted by Gasteiger charge is -2.42. The highest BCUT2D eigenvalue weighted by Crippen LogP contribution is 2.33. The van der Waals surface area contributed by atoms with Gasteiger partial charge in [-0.15, -0.1) is 0 Å². The van der Waals surface area contributed by atoms with E-state index in [1.165, 1.54) is 20.8 Å². The van der Waals surface area contributed by atoms with E-state index in [4.69, 9.17) is 85.3 Å². The Balaban J connectivity index is 1.08. The van der Waals surface area contributed by atoms with Gasteiger partial charge in [0.05, 0.1) is 172 Å². The van der Waals surface area contributed by atoms with Crippen LogP contribution in [0.15, 0.2) is 30.3 Å². The van der Waals surface area contributed by atoms with E-state index in [-0.39, 0.29) is 234 Å². The summed E-state index contributed by atoms with van der Waals surface area (Å²) in [5, 5.41) is 127. The zero-order valence-electron chi connectivity index (χ0n) is 75.6. The van der Waals surface area contributed by atoms with Gasteiger partial charge < -0.3 is 179 Å². The lowest BCUT2D eigenvalue weighted by atomic mass is 9.94. The van der Waals surface area contributed by atoms with Gasteiger partial charge in [0.2, 0.25) is 41.4 Å². The van der Waals surface area contributed by atoms with Crippen LogP contribution in [0.25, 0.3) is 0 Å². The van der Waals surface area contributed by atoms with Gasteiger partial charge >= 0.3 is 6.09 Å². The molecule has 0 aromatic heterocycles. The molecule has 0 bridgehead atoms. The minimum atomic E-state index is -1.47. The summed E-state index contributed by atoms with van der Waals surface area (Å²) in [6.45, 7) is 4.14. The summed E-state index contributed by atoms with van der Waals surface area (Å²) in [7, 11) is 0. The molecule has 16 atom stereocenters. The highest BCUT2D eigenvalue weighted by atomic mass is 16.7. The second-order valence-corrected chi connectivity index (χ2v) is 31.9. The monoisotopic (exact) mass is 1870 g/mol. The number of hydrogen-bond donors (Lipinski definition) is 19. The summed E-state index contributed by atoms with van der Waals surface area (Å²) < 4.78 is 104. The lowest BCUT2D eigenvalue weighted by Crippen LogP contribution is -2.64. The van der Waals surface area contributed by atoms with Crippen molar-refractivity contribution >= 4 is 47.4 Å². The van der Waals surface area contributed by atoms with E-state index in [0.29, 0.717) is 32.2 Å². The molecule has 0 radical (unpaired) electrons. The molecule has 4 fully saturated rings. The summed E-state index contributed by atoms with van der Waals surface area (Å²) in [5.74, 6) is -3.43. The normalized spacial score (nSPS) is 23.9. The summed E-state index contributed by atoms with van der Waals surface area (Å²) in [6, 6.07) is 6.08. The van der Waals surface area contributed by atoms with Crippen molar-refractivity contribution < 1.29 is 175 Å². The van der Waals surface area contributed by atoms with E-state index in [1.807, 2.05) is 30.3 Å². The third kappa shape index (κ3) is 48.2. The first-order valence-corrected chi connectivity index (χ1v) is 45.3. The molecule has 130 heavy (non-hydrogen) atoms. The van der Waals surface area contributed by atoms with Crippen LogP contribution in [0.4, 0.5) is 4.79 Å². The Bertz CT molecular complexity index is 3120. The molecule has 1 aliphatic carbocycles. The smallest absolute Gasteiger partial charge is 0.407 e. The van der Waals surface area contributed by atoms with Crippen LogP contribution in [0.3, 0.4) is 0 Å². The minimum Gasteiger partial charge on any atom is -0.445 e. The number of unbranched alkanes of at least 4 members (excludes halogenated alkanes) is 7. The Labute approximate surface area is 759 Å². The molecule has 750 valence electrons. The summed E-state index contributed by atoms with van der Waals surface area (Å²) in [4.78, 5) is 101. The zero-order valence-corrected chi connectivity index (χ0v) is 75.6. The molecular weight excluding hydrogens is 1720 g/mol. The standard InChI is InChI=1S/C85H149N9O36/c1-59(98)91-71-77(109)74(106)63(52-95)128-80(71)122-49-46-116-43-40-113-35-27-86-67(102)22-32-119-56-84(57-120-33-23-68(103)87-28-36-114-41-44-117-47-50-123-81-72(92-60(2)99)78(110)75(107)64(53-96)129-81,58-121-34-24-69(104)88-29-37-115-42-45-118-48-51-124-82-73(93-61(3)100)79(111)76(108)65(54-97)130-82)94-70(105)21-15-9-7-5-4-6-8-14-20-66(101)89-30-38-126-85(25-16-11-17-26-85)127-39-31-90-83(112)125-55-62-18-12-10-13-19-62/h10,12-13,18-19,63-65,67,71-82,86,95-97,102,106-111H,4-9,11,14-17,20-58H2,1-3H3,(H,87,103)(H,88,104)(H,89,101)(H,90,112)(H,91,98)(H,92,99)(H,93,100)(H,94,105). The van der Waals surface area contributed by atoms with Crippen LogP contribution < -0.4 is 47.9 Å². The van der Waals surface area contributed by atoms with E-state index in [0.717, 1.165) is 69.8 Å². The Hall–Kier alpha value is -6.34. The molecule has 3 saturated heterocycles. The van der Waals surface area contributed by atoms with Crippen LogP contribution in [-0.4, -0.2) is 412 Å². The maximum atomic E-state index is 14.1. The number of rotatable bonds is 74. The molecule has 16 unspecified atom stereocenters. The number of aliphatic hydroxyl groups is 10. The van der Waals surface area contributed by atoms with Gasteiger partial charge in [-0.2, -0.15) is 0 Å². The molecule has 45 nitrogen and oxygen atoms in total. The van der Waals surface area contributed by atoms with Crippen molar-refractivity contribution in [2.24, 2.45) is 0 Å². The van der Waals surface area contributed by atoms with E-state index >= 15 is 0 Å². The molecule has 1 aromatic rings. The van der Waals surface area contributed by atoms with Crippen molar-refractivity contribution in [2.45, 2.75) is 252 Å². The predicted octanol–water partition coefficient (Wildman–Crippen LogP) is -4.18. The number of amides is 8. The first-order chi connectivity index (χ1) is 62.8. The van der Waals surface area contributed by atoms with E-state index in [1.54, 1.807) is 0 Å². The molecule has 1 saturated carbocycles. The summed E-state index contributed by atoms with van der Waals surface area (Å²) in [5.41, 5.74) is -0.516. The number of carbonyl (C=O) groups excluding carboxylic acids is 8. The number of ether oxygens (including phenoxy) is 18. The second-order valence-electron chi connectivity index (χ2n) is 31.9. The molecule has 5 rings (SSSR count). The molecule has 45 heteroatoms. The van der Waals surface area contributed by atoms with Gasteiger partial charge in [-0.1, -0.05) is 75.3 Å². The number of hydrogen-bond acceptors (Lipinski definition) is 37. The van der Waals surface area contributed by atoms with E-state index in [9.17, 15) is 89.4 Å². The maximum absolute atomic E-state index is 14.1. The number of carbonyl (C=O) groups is 8. The Morgan fingerprint density at radius 1 is 0.400 bits per heavy atom. The molecule has 8 amide bonds. The summed E-state index contributed by atoms with van der Waals surface area (Å²) in [6.07, 6.45) is -6.13. The predicted molar refractivity (Wildman–Crippen MR) is 458 cm³/mol. The van der Waals surface area contributed by atoms with Crippen molar-refractivity contribution in [3.8, 4) is 0 Å². The molecule has 1 aromatic carbocycles. The molecule has 0 spiro atoms. The van der Waals surface area contributed by atoms with Crippen molar-refractivity contribution in [1.29, 1.82) is 0 Å². The number of alkyl carbamates (subject to hydrolysis) is 1. The average molecular weight is 1870 g/mol. The third-order valence-corrected chi connectivity index (χ3v) is 21.1. The van der Waals surface area contributed by atoms with Gasteiger partial charge in [-0.3, -0.25) is 38.9 Å². The van der Waals surface area contributed by atoms with Gasteiger partial charge in [-0.05, 0) is 31.2 Å². The molecular formula is C85H149N9O36. The van der Waals surface area contributed by atoms with Crippen LogP contribution >= 0.6 is 0 Å². The molecule has 3 aliphatic heterocycles. The third-order valence-electron chi connectivity index (χ3n) is 21.1. The minimum absolute atomic E-state index is 0.0281.